The van der Waals surface area contributed by atoms with Crippen molar-refractivity contribution >= 4 is 0 Å². The third-order valence-corrected chi connectivity index (χ3v) is 5.10. The molecule has 0 N–H and O–H groups in total. The van der Waals surface area contributed by atoms with Gasteiger partial charge in [0, 0.05) is 17.7 Å². The summed E-state index contributed by atoms with van der Waals surface area (Å²) < 4.78 is 23.6. The van der Waals surface area contributed by atoms with E-state index in [0.717, 1.165) is 47.0 Å². The van der Waals surface area contributed by atoms with E-state index < -0.39 is 0 Å². The fourth-order valence-corrected chi connectivity index (χ4v) is 3.59. The van der Waals surface area contributed by atoms with Crippen molar-refractivity contribution in [3.63, 3.8) is 0 Å². The van der Waals surface area contributed by atoms with Gasteiger partial charge in [-0.1, -0.05) is 36.4 Å². The van der Waals surface area contributed by atoms with Crippen LogP contribution in [0.1, 0.15) is 36.1 Å². The SMILES string of the molecule is CCOc1cc(OCc2ccccc2)ccc1C1CCc2ccc(OC)cc2O1. The zero-order chi connectivity index (χ0) is 20.1. The first-order chi connectivity index (χ1) is 14.3. The van der Waals surface area contributed by atoms with Gasteiger partial charge in [-0.25, -0.2) is 0 Å². The fourth-order valence-electron chi connectivity index (χ4n) is 3.59. The summed E-state index contributed by atoms with van der Waals surface area (Å²) in [4.78, 5) is 0. The van der Waals surface area contributed by atoms with Gasteiger partial charge < -0.3 is 18.9 Å². The quantitative estimate of drug-likeness (QED) is 0.515. The maximum Gasteiger partial charge on any atom is 0.129 e. The summed E-state index contributed by atoms with van der Waals surface area (Å²) in [6, 6.07) is 22.2. The third-order valence-electron chi connectivity index (χ3n) is 5.10. The number of rotatable bonds is 7. The van der Waals surface area contributed by atoms with Crippen molar-refractivity contribution in [2.75, 3.05) is 13.7 Å². The van der Waals surface area contributed by atoms with Crippen LogP contribution >= 0.6 is 0 Å². The number of fused-ring (bicyclic) bond motifs is 1. The highest BCUT2D eigenvalue weighted by Crippen LogP contribution is 2.40. The summed E-state index contributed by atoms with van der Waals surface area (Å²) in [6.45, 7) is 3.11. The van der Waals surface area contributed by atoms with E-state index in [9.17, 15) is 0 Å². The standard InChI is InChI=1S/C25H26O4/c1-3-27-25-16-21(28-17-18-7-5-4-6-8-18)12-13-22(25)23-14-10-19-9-11-20(26-2)15-24(19)29-23/h4-9,11-13,15-16,23H,3,10,14,17H2,1-2H3. The molecule has 0 aliphatic carbocycles. The Bertz CT molecular complexity index is 952. The lowest BCUT2D eigenvalue weighted by molar-refractivity contribution is 0.170. The molecule has 0 saturated heterocycles. The molecule has 0 spiro atoms. The minimum Gasteiger partial charge on any atom is -0.497 e. The van der Waals surface area contributed by atoms with Crippen LogP contribution in [-0.2, 0) is 13.0 Å². The lowest BCUT2D eigenvalue weighted by atomic mass is 9.96. The Hall–Kier alpha value is -3.14. The van der Waals surface area contributed by atoms with Crippen LogP contribution in [0, 0.1) is 0 Å². The van der Waals surface area contributed by atoms with Crippen LogP contribution in [-0.4, -0.2) is 13.7 Å². The van der Waals surface area contributed by atoms with Gasteiger partial charge in [0.25, 0.3) is 0 Å². The Morgan fingerprint density at radius 3 is 2.55 bits per heavy atom. The van der Waals surface area contributed by atoms with Crippen LogP contribution in [0.2, 0.25) is 0 Å². The molecule has 150 valence electrons. The molecule has 1 aliphatic rings. The van der Waals surface area contributed by atoms with Crippen LogP contribution in [0.25, 0.3) is 0 Å². The summed E-state index contributed by atoms with van der Waals surface area (Å²) in [7, 11) is 1.67. The van der Waals surface area contributed by atoms with Crippen molar-refractivity contribution in [1.29, 1.82) is 0 Å². The van der Waals surface area contributed by atoms with Crippen molar-refractivity contribution in [3.05, 3.63) is 83.4 Å². The van der Waals surface area contributed by atoms with Gasteiger partial charge in [-0.15, -0.1) is 0 Å². The molecule has 3 aromatic rings. The largest absolute Gasteiger partial charge is 0.497 e. The van der Waals surface area contributed by atoms with E-state index in [1.54, 1.807) is 7.11 Å². The second-order valence-electron chi connectivity index (χ2n) is 7.03. The molecule has 0 fully saturated rings. The molecular weight excluding hydrogens is 364 g/mol. The van der Waals surface area contributed by atoms with Crippen molar-refractivity contribution in [2.45, 2.75) is 32.5 Å². The van der Waals surface area contributed by atoms with E-state index in [4.69, 9.17) is 18.9 Å². The van der Waals surface area contributed by atoms with Crippen molar-refractivity contribution in [2.24, 2.45) is 0 Å². The molecule has 4 heteroatoms. The third kappa shape index (κ3) is 4.48. The topological polar surface area (TPSA) is 36.9 Å². The smallest absolute Gasteiger partial charge is 0.129 e. The minimum atomic E-state index is -0.0562. The molecule has 0 radical (unpaired) electrons. The normalized spacial score (nSPS) is 15.2. The monoisotopic (exact) mass is 390 g/mol. The van der Waals surface area contributed by atoms with Gasteiger partial charge in [0.05, 0.1) is 13.7 Å². The van der Waals surface area contributed by atoms with Gasteiger partial charge in [-0.3, -0.25) is 0 Å². The van der Waals surface area contributed by atoms with Crippen LogP contribution in [0.4, 0.5) is 0 Å². The number of aryl methyl sites for hydroxylation is 1. The van der Waals surface area contributed by atoms with Gasteiger partial charge in [-0.05, 0) is 49.1 Å². The van der Waals surface area contributed by atoms with E-state index in [0.29, 0.717) is 13.2 Å². The lowest BCUT2D eigenvalue weighted by Crippen LogP contribution is -2.16. The maximum atomic E-state index is 6.32. The van der Waals surface area contributed by atoms with Crippen LogP contribution in [0.3, 0.4) is 0 Å². The van der Waals surface area contributed by atoms with E-state index in [1.807, 2.05) is 49.4 Å². The highest BCUT2D eigenvalue weighted by atomic mass is 16.5. The zero-order valence-electron chi connectivity index (χ0n) is 16.9. The second-order valence-corrected chi connectivity index (χ2v) is 7.03. The number of methoxy groups -OCH3 is 1. The predicted octanol–water partition coefficient (Wildman–Crippen LogP) is 5.74. The Labute approximate surface area is 172 Å². The summed E-state index contributed by atoms with van der Waals surface area (Å²) in [6.07, 6.45) is 1.81. The predicted molar refractivity (Wildman–Crippen MR) is 113 cm³/mol. The first-order valence-electron chi connectivity index (χ1n) is 10.0. The number of ether oxygens (including phenoxy) is 4. The van der Waals surface area contributed by atoms with Gasteiger partial charge in [0.1, 0.15) is 35.7 Å². The molecule has 4 rings (SSSR count). The maximum absolute atomic E-state index is 6.32. The average Bonchev–Trinajstić information content (AvgIpc) is 2.78. The van der Waals surface area contributed by atoms with Crippen LogP contribution in [0.15, 0.2) is 66.7 Å². The Balaban J connectivity index is 1.53. The van der Waals surface area contributed by atoms with Gasteiger partial charge in [-0.2, -0.15) is 0 Å². The molecule has 0 bridgehead atoms. The van der Waals surface area contributed by atoms with E-state index in [-0.39, 0.29) is 6.10 Å². The molecule has 0 amide bonds. The Morgan fingerprint density at radius 1 is 0.931 bits per heavy atom. The van der Waals surface area contributed by atoms with Gasteiger partial charge >= 0.3 is 0 Å². The summed E-state index contributed by atoms with van der Waals surface area (Å²) in [5, 5.41) is 0. The number of benzene rings is 3. The molecule has 3 aromatic carbocycles. The molecule has 4 nitrogen and oxygen atoms in total. The molecule has 1 unspecified atom stereocenters. The van der Waals surface area contributed by atoms with E-state index in [1.165, 1.54) is 5.56 Å². The van der Waals surface area contributed by atoms with E-state index in [2.05, 4.69) is 24.3 Å². The highest BCUT2D eigenvalue weighted by molar-refractivity contribution is 5.46. The molecule has 1 heterocycles. The lowest BCUT2D eigenvalue weighted by Gasteiger charge is -2.28. The summed E-state index contributed by atoms with van der Waals surface area (Å²) >= 11 is 0. The van der Waals surface area contributed by atoms with Crippen LogP contribution in [0.5, 0.6) is 23.0 Å². The number of hydrogen-bond acceptors (Lipinski definition) is 4. The Kier molecular flexibility index (Phi) is 5.89. The second kappa shape index (κ2) is 8.91. The average molecular weight is 390 g/mol. The van der Waals surface area contributed by atoms with Crippen LogP contribution < -0.4 is 18.9 Å². The molecule has 0 aromatic heterocycles. The first-order valence-corrected chi connectivity index (χ1v) is 10.0. The van der Waals surface area contributed by atoms with Crippen molar-refractivity contribution in [3.8, 4) is 23.0 Å². The number of hydrogen-bond donors (Lipinski definition) is 0. The molecule has 29 heavy (non-hydrogen) atoms. The molecule has 1 aliphatic heterocycles. The van der Waals surface area contributed by atoms with Crippen molar-refractivity contribution < 1.29 is 18.9 Å². The van der Waals surface area contributed by atoms with Gasteiger partial charge in [0.2, 0.25) is 0 Å². The Morgan fingerprint density at radius 2 is 1.76 bits per heavy atom. The molecule has 0 saturated carbocycles. The molecular formula is C25H26O4. The molecule has 1 atom stereocenters. The van der Waals surface area contributed by atoms with Crippen molar-refractivity contribution in [1.82, 2.24) is 0 Å². The fraction of sp³-hybridized carbons (Fsp3) is 0.280. The summed E-state index contributed by atoms with van der Waals surface area (Å²) in [5.41, 5.74) is 3.39. The van der Waals surface area contributed by atoms with Gasteiger partial charge in [0.15, 0.2) is 0 Å². The summed E-state index contributed by atoms with van der Waals surface area (Å²) in [5.74, 6) is 3.29. The zero-order valence-corrected chi connectivity index (χ0v) is 16.9. The highest BCUT2D eigenvalue weighted by Gasteiger charge is 2.25. The first kappa shape index (κ1) is 19.2. The van der Waals surface area contributed by atoms with E-state index >= 15 is 0 Å². The minimum absolute atomic E-state index is 0.0562.